The van der Waals surface area contributed by atoms with Crippen LogP contribution in [0.15, 0.2) is 0 Å². The van der Waals surface area contributed by atoms with Crippen molar-refractivity contribution in [1.82, 2.24) is 0 Å². The first-order valence-corrected chi connectivity index (χ1v) is 3.57. The molecule has 84 valence electrons. The second-order valence-corrected chi connectivity index (χ2v) is 2.95. The van der Waals surface area contributed by atoms with Gasteiger partial charge >= 0.3 is 18.5 Å². The molecular formula is C7H10F4O3. The monoisotopic (exact) mass is 218 g/mol. The Labute approximate surface area is 78.0 Å². The highest BCUT2D eigenvalue weighted by Crippen LogP contribution is 2.34. The van der Waals surface area contributed by atoms with Gasteiger partial charge in [-0.2, -0.15) is 17.6 Å². The zero-order valence-corrected chi connectivity index (χ0v) is 7.81. The molecule has 0 spiro atoms. The van der Waals surface area contributed by atoms with E-state index < -0.39 is 24.1 Å². The van der Waals surface area contributed by atoms with Gasteiger partial charge in [-0.1, -0.05) is 0 Å². The highest BCUT2D eigenvalue weighted by molar-refractivity contribution is 5.78. The van der Waals surface area contributed by atoms with Gasteiger partial charge in [0, 0.05) is 0 Å². The minimum absolute atomic E-state index is 0.677. The molecule has 0 aliphatic carbocycles. The molecule has 0 aromatic rings. The summed E-state index contributed by atoms with van der Waals surface area (Å²) in [6.45, 7) is -2.04. The zero-order valence-electron chi connectivity index (χ0n) is 7.81. The fourth-order valence-corrected chi connectivity index (χ4v) is 0.671. The number of hydrogen-bond acceptors (Lipinski definition) is 3. The summed E-state index contributed by atoms with van der Waals surface area (Å²) in [5, 5.41) is 0. The van der Waals surface area contributed by atoms with E-state index in [2.05, 4.69) is 9.47 Å². The smallest absolute Gasteiger partial charge is 0.379 e. The summed E-state index contributed by atoms with van der Waals surface area (Å²) < 4.78 is 56.9. The first-order valence-electron chi connectivity index (χ1n) is 3.57. The number of esters is 1. The molecule has 0 radical (unpaired) electrons. The van der Waals surface area contributed by atoms with Crippen molar-refractivity contribution in [3.05, 3.63) is 0 Å². The van der Waals surface area contributed by atoms with E-state index >= 15 is 0 Å². The van der Waals surface area contributed by atoms with E-state index in [-0.39, 0.29) is 0 Å². The molecule has 0 aromatic carbocycles. The van der Waals surface area contributed by atoms with Crippen LogP contribution in [-0.4, -0.2) is 31.2 Å². The highest BCUT2D eigenvalue weighted by Gasteiger charge is 2.56. The number of rotatable bonds is 4. The Hall–Kier alpha value is -0.850. The second kappa shape index (κ2) is 4.12. The molecule has 0 fully saturated rings. The highest BCUT2D eigenvalue weighted by atomic mass is 19.3. The van der Waals surface area contributed by atoms with Crippen LogP contribution in [0.25, 0.3) is 0 Å². The van der Waals surface area contributed by atoms with Crippen LogP contribution in [-0.2, 0) is 14.3 Å². The molecule has 3 nitrogen and oxygen atoms in total. The predicted molar refractivity (Wildman–Crippen MR) is 38.1 cm³/mol. The van der Waals surface area contributed by atoms with Gasteiger partial charge in [0.1, 0.15) is 5.60 Å². The summed E-state index contributed by atoms with van der Waals surface area (Å²) >= 11 is 0. The van der Waals surface area contributed by atoms with Crippen LogP contribution < -0.4 is 0 Å². The van der Waals surface area contributed by atoms with Crippen LogP contribution in [0.5, 0.6) is 0 Å². The minimum Gasteiger partial charge on any atom is -0.464 e. The molecule has 0 unspecified atom stereocenters. The van der Waals surface area contributed by atoms with E-state index in [1.54, 1.807) is 0 Å². The van der Waals surface area contributed by atoms with E-state index in [0.29, 0.717) is 13.8 Å². The van der Waals surface area contributed by atoms with E-state index in [4.69, 9.17) is 0 Å². The number of hydrogen-bond donors (Lipinski definition) is 0. The minimum atomic E-state index is -4.13. The molecule has 0 bridgehead atoms. The molecule has 0 N–H and O–H groups in total. The van der Waals surface area contributed by atoms with Gasteiger partial charge in [0.05, 0.1) is 7.11 Å². The summed E-state index contributed by atoms with van der Waals surface area (Å²) in [5.41, 5.74) is -2.62. The van der Waals surface area contributed by atoms with Gasteiger partial charge in [-0.3, -0.25) is 0 Å². The van der Waals surface area contributed by atoms with Crippen molar-refractivity contribution in [2.45, 2.75) is 32.0 Å². The number of alkyl halides is 4. The lowest BCUT2D eigenvalue weighted by molar-refractivity contribution is -0.269. The van der Waals surface area contributed by atoms with Crippen LogP contribution >= 0.6 is 0 Å². The van der Waals surface area contributed by atoms with Gasteiger partial charge in [-0.25, -0.2) is 4.79 Å². The zero-order chi connectivity index (χ0) is 11.6. The third-order valence-electron chi connectivity index (χ3n) is 1.58. The maximum Gasteiger partial charge on any atom is 0.379 e. The quantitative estimate of drug-likeness (QED) is 0.533. The molecule has 0 saturated heterocycles. The largest absolute Gasteiger partial charge is 0.464 e. The van der Waals surface area contributed by atoms with Gasteiger partial charge in [0.15, 0.2) is 0 Å². The van der Waals surface area contributed by atoms with E-state index in [0.717, 1.165) is 7.11 Å². The third kappa shape index (κ3) is 2.57. The maximum absolute atomic E-state index is 13.0. The second-order valence-electron chi connectivity index (χ2n) is 2.95. The summed E-state index contributed by atoms with van der Waals surface area (Å²) in [5.74, 6) is -6.04. The summed E-state index contributed by atoms with van der Waals surface area (Å²) in [6.07, 6.45) is 0. The van der Waals surface area contributed by atoms with Crippen molar-refractivity contribution in [2.24, 2.45) is 0 Å². The average Bonchev–Trinajstić information content (AvgIpc) is 2.00. The normalized spacial score (nSPS) is 13.1. The topological polar surface area (TPSA) is 35.5 Å². The molecular weight excluding hydrogens is 208 g/mol. The molecule has 0 rings (SSSR count). The first-order chi connectivity index (χ1) is 6.15. The van der Waals surface area contributed by atoms with Crippen LogP contribution in [0.3, 0.4) is 0 Å². The number of methoxy groups -OCH3 is 1. The lowest BCUT2D eigenvalue weighted by Crippen LogP contribution is -2.52. The van der Waals surface area contributed by atoms with Crippen LogP contribution in [0.4, 0.5) is 17.6 Å². The molecule has 7 heteroatoms. The Morgan fingerprint density at radius 1 is 1.29 bits per heavy atom. The predicted octanol–water partition coefficient (Wildman–Crippen LogP) is 1.81. The maximum atomic E-state index is 13.0. The number of carbonyl (C=O) groups excluding carboxylic acids is 1. The van der Waals surface area contributed by atoms with Crippen molar-refractivity contribution in [2.75, 3.05) is 7.11 Å². The Kier molecular flexibility index (Phi) is 3.87. The lowest BCUT2D eigenvalue weighted by atomic mass is 10.0. The van der Waals surface area contributed by atoms with Crippen molar-refractivity contribution < 1.29 is 31.8 Å². The molecule has 0 aromatic heterocycles. The van der Waals surface area contributed by atoms with Gasteiger partial charge < -0.3 is 9.47 Å². The van der Waals surface area contributed by atoms with E-state index in [1.807, 2.05) is 0 Å². The van der Waals surface area contributed by atoms with Crippen molar-refractivity contribution >= 4 is 5.97 Å². The fraction of sp³-hybridized carbons (Fsp3) is 0.857. The summed E-state index contributed by atoms with van der Waals surface area (Å²) in [4.78, 5) is 10.6. The fourth-order valence-electron chi connectivity index (χ4n) is 0.671. The summed E-state index contributed by atoms with van der Waals surface area (Å²) in [7, 11) is 0.731. The standard InChI is InChI=1S/C7H10F4O3/c1-6(2,14-5(8)9)7(10,11)4(12)13-3/h5H,1-3H3. The van der Waals surface area contributed by atoms with Gasteiger partial charge in [-0.05, 0) is 13.8 Å². The molecule has 14 heavy (non-hydrogen) atoms. The third-order valence-corrected chi connectivity index (χ3v) is 1.58. The Morgan fingerprint density at radius 2 is 1.71 bits per heavy atom. The van der Waals surface area contributed by atoms with E-state index in [9.17, 15) is 22.4 Å². The Bertz CT molecular complexity index is 215. The number of halogens is 4. The SMILES string of the molecule is COC(=O)C(F)(F)C(C)(C)OC(F)F. The molecule has 0 atom stereocenters. The van der Waals surface area contributed by atoms with Gasteiger partial charge in [0.2, 0.25) is 0 Å². The Balaban J connectivity index is 4.77. The average molecular weight is 218 g/mol. The Morgan fingerprint density at radius 3 is 2.00 bits per heavy atom. The molecule has 0 aliphatic heterocycles. The van der Waals surface area contributed by atoms with Crippen LogP contribution in [0.2, 0.25) is 0 Å². The molecule has 0 aliphatic rings. The van der Waals surface area contributed by atoms with Crippen LogP contribution in [0, 0.1) is 0 Å². The first kappa shape index (κ1) is 13.2. The van der Waals surface area contributed by atoms with E-state index in [1.165, 1.54) is 0 Å². The number of ether oxygens (including phenoxy) is 2. The lowest BCUT2D eigenvalue weighted by Gasteiger charge is -2.31. The van der Waals surface area contributed by atoms with Crippen molar-refractivity contribution in [3.63, 3.8) is 0 Å². The summed E-state index contributed by atoms with van der Waals surface area (Å²) in [6, 6.07) is 0. The number of carbonyl (C=O) groups is 1. The van der Waals surface area contributed by atoms with Crippen LogP contribution in [0.1, 0.15) is 13.8 Å². The van der Waals surface area contributed by atoms with Crippen molar-refractivity contribution in [3.8, 4) is 0 Å². The molecule has 0 amide bonds. The van der Waals surface area contributed by atoms with Crippen molar-refractivity contribution in [1.29, 1.82) is 0 Å². The molecule has 0 saturated carbocycles. The van der Waals surface area contributed by atoms with Gasteiger partial charge in [-0.15, -0.1) is 0 Å². The molecule has 0 heterocycles. The van der Waals surface area contributed by atoms with Gasteiger partial charge in [0.25, 0.3) is 0 Å².